The van der Waals surface area contributed by atoms with Crippen molar-refractivity contribution in [2.45, 2.75) is 24.5 Å². The second kappa shape index (κ2) is 10.7. The van der Waals surface area contributed by atoms with E-state index in [4.69, 9.17) is 4.84 Å². The number of hydroxylamine groups is 2. The summed E-state index contributed by atoms with van der Waals surface area (Å²) in [5, 5.41) is 15.9. The summed E-state index contributed by atoms with van der Waals surface area (Å²) in [4.78, 5) is 44.1. The van der Waals surface area contributed by atoms with Gasteiger partial charge in [0.05, 0.1) is 11.5 Å². The van der Waals surface area contributed by atoms with Crippen LogP contribution in [0.5, 0.6) is 0 Å². The van der Waals surface area contributed by atoms with Crippen molar-refractivity contribution in [2.75, 3.05) is 0 Å². The SMILES string of the molecule is O=C(N[C@]1(Cc2ccccc2)C(=O)ON(Cc2ccccc2)[C@H]1c1ccc([N+](=O)[O-])cc1)c1ccccc1. The van der Waals surface area contributed by atoms with Crippen molar-refractivity contribution in [3.63, 3.8) is 0 Å². The predicted molar refractivity (Wildman–Crippen MR) is 141 cm³/mol. The van der Waals surface area contributed by atoms with Crippen LogP contribution in [0.15, 0.2) is 115 Å². The maximum Gasteiger partial charge on any atom is 0.353 e. The van der Waals surface area contributed by atoms with Gasteiger partial charge in [-0.15, -0.1) is 5.06 Å². The molecule has 0 spiro atoms. The number of carbonyl (C=O) groups is 2. The first-order valence-corrected chi connectivity index (χ1v) is 12.1. The summed E-state index contributed by atoms with van der Waals surface area (Å²) >= 11 is 0. The van der Waals surface area contributed by atoms with Crippen LogP contribution in [0.4, 0.5) is 5.69 Å². The van der Waals surface area contributed by atoms with Gasteiger partial charge in [-0.05, 0) is 28.8 Å². The van der Waals surface area contributed by atoms with Gasteiger partial charge in [-0.2, -0.15) is 0 Å². The number of nitrogens with zero attached hydrogens (tertiary/aromatic N) is 2. The third kappa shape index (κ3) is 5.02. The molecular weight excluding hydrogens is 482 g/mol. The lowest BCUT2D eigenvalue weighted by atomic mass is 9.80. The zero-order chi connectivity index (χ0) is 26.5. The number of nitro groups is 1. The fourth-order valence-electron chi connectivity index (χ4n) is 4.83. The normalized spacial score (nSPS) is 19.1. The van der Waals surface area contributed by atoms with Crippen molar-refractivity contribution < 1.29 is 19.3 Å². The molecule has 2 atom stereocenters. The van der Waals surface area contributed by atoms with Crippen LogP contribution < -0.4 is 5.32 Å². The lowest BCUT2D eigenvalue weighted by molar-refractivity contribution is -0.384. The van der Waals surface area contributed by atoms with Gasteiger partial charge in [0.15, 0.2) is 5.54 Å². The molecule has 1 N–H and O–H groups in total. The minimum atomic E-state index is -1.51. The van der Waals surface area contributed by atoms with E-state index < -0.39 is 28.4 Å². The number of nitro benzene ring substituents is 1. The molecule has 1 heterocycles. The molecule has 1 amide bonds. The molecule has 5 rings (SSSR count). The number of amides is 1. The van der Waals surface area contributed by atoms with Crippen molar-refractivity contribution in [1.29, 1.82) is 0 Å². The highest BCUT2D eigenvalue weighted by molar-refractivity contribution is 5.99. The third-order valence-corrected chi connectivity index (χ3v) is 6.62. The predicted octanol–water partition coefficient (Wildman–Crippen LogP) is 5.02. The average Bonchev–Trinajstić information content (AvgIpc) is 3.20. The first-order chi connectivity index (χ1) is 18.5. The summed E-state index contributed by atoms with van der Waals surface area (Å²) in [5.41, 5.74) is 1.14. The Balaban J connectivity index is 1.63. The molecule has 1 aliphatic rings. The van der Waals surface area contributed by atoms with Crippen LogP contribution in [0, 0.1) is 10.1 Å². The van der Waals surface area contributed by atoms with Crippen molar-refractivity contribution in [2.24, 2.45) is 0 Å². The Morgan fingerprint density at radius 2 is 1.39 bits per heavy atom. The number of nitrogens with one attached hydrogen (secondary N) is 1. The number of hydrogen-bond donors (Lipinski definition) is 1. The average molecular weight is 508 g/mol. The Bertz CT molecular complexity index is 1430. The van der Waals surface area contributed by atoms with Crippen molar-refractivity contribution in [3.05, 3.63) is 148 Å². The molecule has 38 heavy (non-hydrogen) atoms. The zero-order valence-corrected chi connectivity index (χ0v) is 20.4. The van der Waals surface area contributed by atoms with Gasteiger partial charge in [0.1, 0.15) is 6.04 Å². The summed E-state index contributed by atoms with van der Waals surface area (Å²) in [6.07, 6.45) is 0.151. The van der Waals surface area contributed by atoms with Gasteiger partial charge in [0.2, 0.25) is 0 Å². The number of benzene rings is 4. The fraction of sp³-hybridized carbons (Fsp3) is 0.133. The second-order valence-electron chi connectivity index (χ2n) is 9.14. The number of rotatable bonds is 8. The van der Waals surface area contributed by atoms with E-state index in [1.54, 1.807) is 41.5 Å². The van der Waals surface area contributed by atoms with Gasteiger partial charge >= 0.3 is 5.97 Å². The van der Waals surface area contributed by atoms with Crippen molar-refractivity contribution >= 4 is 17.6 Å². The van der Waals surface area contributed by atoms with Crippen molar-refractivity contribution in [1.82, 2.24) is 10.4 Å². The summed E-state index contributed by atoms with van der Waals surface area (Å²) < 4.78 is 0. The minimum absolute atomic E-state index is 0.0735. The lowest BCUT2D eigenvalue weighted by Crippen LogP contribution is -2.57. The Hall–Kier alpha value is -4.82. The zero-order valence-electron chi connectivity index (χ0n) is 20.4. The molecule has 0 unspecified atom stereocenters. The van der Waals surface area contributed by atoms with Gasteiger partial charge < -0.3 is 10.2 Å². The third-order valence-electron chi connectivity index (χ3n) is 6.62. The maximum atomic E-state index is 13.8. The van der Waals surface area contributed by atoms with Crippen LogP contribution in [-0.4, -0.2) is 27.4 Å². The van der Waals surface area contributed by atoms with Crippen LogP contribution in [0.1, 0.15) is 33.1 Å². The molecular formula is C30H25N3O5. The number of non-ortho nitro benzene ring substituents is 1. The van der Waals surface area contributed by atoms with E-state index in [0.717, 1.165) is 11.1 Å². The standard InChI is InChI=1S/C30H25N3O5/c34-28(25-14-8-3-9-15-25)31-30(20-22-10-4-1-5-11-22)27(24-16-18-26(19-17-24)33(36)37)32(38-29(30)35)21-23-12-6-2-7-13-23/h1-19,27H,20-21H2,(H,31,34)/t27-,30-/m0/s1. The van der Waals surface area contributed by atoms with Gasteiger partial charge in [-0.3, -0.25) is 14.9 Å². The highest BCUT2D eigenvalue weighted by atomic mass is 16.7. The van der Waals surface area contributed by atoms with Gasteiger partial charge in [0, 0.05) is 24.1 Å². The van der Waals surface area contributed by atoms with Crippen LogP contribution in [0.25, 0.3) is 0 Å². The molecule has 0 radical (unpaired) electrons. The Morgan fingerprint density at radius 1 is 0.842 bits per heavy atom. The molecule has 0 bridgehead atoms. The Labute approximate surface area is 219 Å². The molecule has 8 heteroatoms. The molecule has 0 saturated carbocycles. The molecule has 8 nitrogen and oxygen atoms in total. The van der Waals surface area contributed by atoms with Crippen LogP contribution in [-0.2, 0) is 22.6 Å². The van der Waals surface area contributed by atoms with E-state index in [2.05, 4.69) is 5.32 Å². The topological polar surface area (TPSA) is 102 Å². The van der Waals surface area contributed by atoms with Crippen LogP contribution >= 0.6 is 0 Å². The minimum Gasteiger partial charge on any atom is -0.365 e. The second-order valence-corrected chi connectivity index (χ2v) is 9.14. The van der Waals surface area contributed by atoms with E-state index in [1.165, 1.54) is 12.1 Å². The molecule has 4 aromatic rings. The highest BCUT2D eigenvalue weighted by Gasteiger charge is 2.58. The quantitative estimate of drug-likeness (QED) is 0.265. The molecule has 1 saturated heterocycles. The fourth-order valence-corrected chi connectivity index (χ4v) is 4.83. The Kier molecular flexibility index (Phi) is 6.97. The largest absolute Gasteiger partial charge is 0.365 e. The Morgan fingerprint density at radius 3 is 1.97 bits per heavy atom. The van der Waals surface area contributed by atoms with E-state index in [-0.39, 0.29) is 18.7 Å². The van der Waals surface area contributed by atoms with E-state index in [1.807, 2.05) is 66.7 Å². The summed E-state index contributed by atoms with van der Waals surface area (Å²) in [7, 11) is 0. The van der Waals surface area contributed by atoms with Crippen LogP contribution in [0.2, 0.25) is 0 Å². The van der Waals surface area contributed by atoms with Gasteiger partial charge in [-0.1, -0.05) is 91.0 Å². The lowest BCUT2D eigenvalue weighted by Gasteiger charge is -2.34. The molecule has 1 aliphatic heterocycles. The van der Waals surface area contributed by atoms with Crippen molar-refractivity contribution in [3.8, 4) is 0 Å². The first kappa shape index (κ1) is 24.9. The van der Waals surface area contributed by atoms with Crippen LogP contribution in [0.3, 0.4) is 0 Å². The molecule has 4 aromatic carbocycles. The summed E-state index contributed by atoms with van der Waals surface area (Å²) in [6.45, 7) is 0.256. The monoisotopic (exact) mass is 507 g/mol. The maximum absolute atomic E-state index is 13.8. The van der Waals surface area contributed by atoms with E-state index in [9.17, 15) is 19.7 Å². The molecule has 1 fully saturated rings. The summed E-state index contributed by atoms with van der Waals surface area (Å²) in [6, 6.07) is 32.8. The molecule has 0 aromatic heterocycles. The highest BCUT2D eigenvalue weighted by Crippen LogP contribution is 2.43. The van der Waals surface area contributed by atoms with Gasteiger partial charge in [0.25, 0.3) is 11.6 Å². The van der Waals surface area contributed by atoms with Gasteiger partial charge in [-0.25, -0.2) is 4.79 Å². The number of hydrogen-bond acceptors (Lipinski definition) is 6. The molecule has 0 aliphatic carbocycles. The van der Waals surface area contributed by atoms with E-state index >= 15 is 0 Å². The van der Waals surface area contributed by atoms with E-state index in [0.29, 0.717) is 11.1 Å². The smallest absolute Gasteiger partial charge is 0.353 e. The summed E-state index contributed by atoms with van der Waals surface area (Å²) in [5.74, 6) is -1.03. The molecule has 190 valence electrons. The first-order valence-electron chi connectivity index (χ1n) is 12.1. The number of carbonyl (C=O) groups excluding carboxylic acids is 2.